The van der Waals surface area contributed by atoms with Gasteiger partial charge in [0, 0.05) is 6.54 Å². The Balaban J connectivity index is 1.84. The molecule has 0 amide bonds. The Hall–Kier alpha value is -1.06. The van der Waals surface area contributed by atoms with Gasteiger partial charge in [-0.05, 0) is 42.9 Å². The van der Waals surface area contributed by atoms with Crippen LogP contribution in [0.5, 0.6) is 5.75 Å². The van der Waals surface area contributed by atoms with E-state index in [0.29, 0.717) is 18.9 Å². The second-order valence-electron chi connectivity index (χ2n) is 5.56. The minimum Gasteiger partial charge on any atom is -0.493 e. The molecule has 0 aliphatic heterocycles. The number of hydrogen-bond acceptors (Lipinski definition) is 3. The van der Waals surface area contributed by atoms with Crippen LogP contribution < -0.4 is 10.5 Å². The van der Waals surface area contributed by atoms with Crippen molar-refractivity contribution in [2.24, 2.45) is 11.7 Å². The molecule has 3 N–H and O–H groups in total. The summed E-state index contributed by atoms with van der Waals surface area (Å²) in [5, 5.41) is 9.57. The van der Waals surface area contributed by atoms with Crippen molar-refractivity contribution in [1.29, 1.82) is 0 Å². The molecule has 0 radical (unpaired) electrons. The van der Waals surface area contributed by atoms with Crippen LogP contribution in [0.25, 0.3) is 0 Å². The van der Waals surface area contributed by atoms with E-state index in [4.69, 9.17) is 10.5 Å². The van der Waals surface area contributed by atoms with Crippen LogP contribution in [-0.4, -0.2) is 24.4 Å². The lowest BCUT2D eigenvalue weighted by molar-refractivity contribution is 0.183. The summed E-state index contributed by atoms with van der Waals surface area (Å²) in [5.74, 6) is 1.62. The van der Waals surface area contributed by atoms with Crippen molar-refractivity contribution < 1.29 is 9.84 Å². The molecule has 0 unspecified atom stereocenters. The number of rotatable bonds is 6. The monoisotopic (exact) mass is 263 g/mol. The third-order valence-corrected chi connectivity index (χ3v) is 3.85. The highest BCUT2D eigenvalue weighted by Crippen LogP contribution is 2.25. The van der Waals surface area contributed by atoms with Gasteiger partial charge in [0.1, 0.15) is 5.75 Å². The number of nitrogens with two attached hydrogens (primary N) is 1. The molecule has 2 rings (SSSR count). The summed E-state index contributed by atoms with van der Waals surface area (Å²) in [5.41, 5.74) is 6.52. The number of aliphatic hydroxyl groups is 1. The Bertz CT molecular complexity index is 375. The number of benzene rings is 1. The maximum absolute atomic E-state index is 9.57. The van der Waals surface area contributed by atoms with E-state index in [0.717, 1.165) is 17.9 Å². The molecule has 0 saturated heterocycles. The SMILES string of the molecule is NC[C@@H](O)Cc1cccc(OCC2CCCCC2)c1. The zero-order chi connectivity index (χ0) is 13.5. The second-order valence-corrected chi connectivity index (χ2v) is 5.56. The van der Waals surface area contributed by atoms with Gasteiger partial charge >= 0.3 is 0 Å². The van der Waals surface area contributed by atoms with Gasteiger partial charge < -0.3 is 15.6 Å². The predicted molar refractivity (Wildman–Crippen MR) is 77.3 cm³/mol. The van der Waals surface area contributed by atoms with Gasteiger partial charge in [-0.1, -0.05) is 31.4 Å². The maximum atomic E-state index is 9.57. The molecule has 3 nitrogen and oxygen atoms in total. The lowest BCUT2D eigenvalue weighted by atomic mass is 9.90. The molecular formula is C16H25NO2. The van der Waals surface area contributed by atoms with Crippen LogP contribution >= 0.6 is 0 Å². The van der Waals surface area contributed by atoms with Gasteiger partial charge in [-0.2, -0.15) is 0 Å². The van der Waals surface area contributed by atoms with E-state index < -0.39 is 6.10 Å². The second kappa shape index (κ2) is 7.51. The van der Waals surface area contributed by atoms with E-state index >= 15 is 0 Å². The summed E-state index contributed by atoms with van der Waals surface area (Å²) in [4.78, 5) is 0. The van der Waals surface area contributed by atoms with E-state index in [1.807, 2.05) is 24.3 Å². The lowest BCUT2D eigenvalue weighted by Crippen LogP contribution is -2.22. The van der Waals surface area contributed by atoms with Crippen molar-refractivity contribution in [3.05, 3.63) is 29.8 Å². The molecule has 106 valence electrons. The average Bonchev–Trinajstić information content (AvgIpc) is 2.46. The minimum atomic E-state index is -0.464. The highest BCUT2D eigenvalue weighted by molar-refractivity contribution is 5.29. The summed E-state index contributed by atoms with van der Waals surface area (Å²) < 4.78 is 5.89. The van der Waals surface area contributed by atoms with Gasteiger partial charge in [-0.25, -0.2) is 0 Å². The quantitative estimate of drug-likeness (QED) is 0.829. The Labute approximate surface area is 115 Å². The largest absolute Gasteiger partial charge is 0.493 e. The van der Waals surface area contributed by atoms with Crippen LogP contribution in [0.4, 0.5) is 0 Å². The van der Waals surface area contributed by atoms with Gasteiger partial charge in [0.2, 0.25) is 0 Å². The molecule has 0 heterocycles. The van der Waals surface area contributed by atoms with Crippen LogP contribution in [0, 0.1) is 5.92 Å². The average molecular weight is 263 g/mol. The number of hydrogen-bond donors (Lipinski definition) is 2. The van der Waals surface area contributed by atoms with Crippen molar-refractivity contribution >= 4 is 0 Å². The molecule has 0 aromatic heterocycles. The fraction of sp³-hybridized carbons (Fsp3) is 0.625. The minimum absolute atomic E-state index is 0.299. The Morgan fingerprint density at radius 1 is 1.26 bits per heavy atom. The molecule has 0 bridgehead atoms. The fourth-order valence-electron chi connectivity index (χ4n) is 2.69. The summed E-state index contributed by atoms with van der Waals surface area (Å²) in [6, 6.07) is 7.99. The maximum Gasteiger partial charge on any atom is 0.119 e. The normalized spacial score (nSPS) is 18.2. The Morgan fingerprint density at radius 2 is 2.05 bits per heavy atom. The Morgan fingerprint density at radius 3 is 2.79 bits per heavy atom. The smallest absolute Gasteiger partial charge is 0.119 e. The molecule has 1 aromatic carbocycles. The van der Waals surface area contributed by atoms with Gasteiger partial charge in [-0.15, -0.1) is 0 Å². The highest BCUT2D eigenvalue weighted by atomic mass is 16.5. The van der Waals surface area contributed by atoms with Crippen molar-refractivity contribution in [3.8, 4) is 5.75 Å². The number of aliphatic hydroxyl groups excluding tert-OH is 1. The summed E-state index contributed by atoms with van der Waals surface area (Å²) >= 11 is 0. The fourth-order valence-corrected chi connectivity index (χ4v) is 2.69. The molecule has 3 heteroatoms. The van der Waals surface area contributed by atoms with Gasteiger partial charge in [0.25, 0.3) is 0 Å². The first-order valence-electron chi connectivity index (χ1n) is 7.38. The van der Waals surface area contributed by atoms with E-state index in [-0.39, 0.29) is 0 Å². The van der Waals surface area contributed by atoms with Crippen molar-refractivity contribution in [1.82, 2.24) is 0 Å². The van der Waals surface area contributed by atoms with Crippen LogP contribution in [0.1, 0.15) is 37.7 Å². The van der Waals surface area contributed by atoms with Gasteiger partial charge in [0.05, 0.1) is 12.7 Å². The molecule has 1 aliphatic rings. The Kier molecular flexibility index (Phi) is 5.67. The zero-order valence-electron chi connectivity index (χ0n) is 11.6. The van der Waals surface area contributed by atoms with E-state index in [1.54, 1.807) is 0 Å². The molecular weight excluding hydrogens is 238 g/mol. The van der Waals surface area contributed by atoms with Crippen LogP contribution in [-0.2, 0) is 6.42 Å². The third-order valence-electron chi connectivity index (χ3n) is 3.85. The van der Waals surface area contributed by atoms with Gasteiger partial charge in [0.15, 0.2) is 0 Å². The predicted octanol–water partition coefficient (Wildman–Crippen LogP) is 2.51. The topological polar surface area (TPSA) is 55.5 Å². The van der Waals surface area contributed by atoms with Crippen LogP contribution in [0.15, 0.2) is 24.3 Å². The first-order chi connectivity index (χ1) is 9.28. The molecule has 19 heavy (non-hydrogen) atoms. The summed E-state index contributed by atoms with van der Waals surface area (Å²) in [6.45, 7) is 1.12. The first kappa shape index (κ1) is 14.4. The van der Waals surface area contributed by atoms with Gasteiger partial charge in [-0.3, -0.25) is 0 Å². The summed E-state index contributed by atoms with van der Waals surface area (Å²) in [7, 11) is 0. The van der Waals surface area contributed by atoms with E-state index in [1.165, 1.54) is 32.1 Å². The highest BCUT2D eigenvalue weighted by Gasteiger charge is 2.14. The number of ether oxygens (including phenoxy) is 1. The molecule has 1 saturated carbocycles. The standard InChI is InChI=1S/C16H25NO2/c17-11-15(18)9-14-7-4-8-16(10-14)19-12-13-5-2-1-3-6-13/h4,7-8,10,13,15,18H,1-3,5-6,9,11-12,17H2/t15-/m0/s1. The molecule has 1 aromatic rings. The van der Waals surface area contributed by atoms with Crippen LogP contribution in [0.2, 0.25) is 0 Å². The van der Waals surface area contributed by atoms with Crippen molar-refractivity contribution in [3.63, 3.8) is 0 Å². The molecule has 1 fully saturated rings. The van der Waals surface area contributed by atoms with Crippen LogP contribution in [0.3, 0.4) is 0 Å². The zero-order valence-corrected chi connectivity index (χ0v) is 11.6. The van der Waals surface area contributed by atoms with E-state index in [2.05, 4.69) is 0 Å². The summed E-state index contributed by atoms with van der Waals surface area (Å²) in [6.07, 6.45) is 6.79. The lowest BCUT2D eigenvalue weighted by Gasteiger charge is -2.21. The molecule has 1 atom stereocenters. The van der Waals surface area contributed by atoms with Crippen molar-refractivity contribution in [2.45, 2.75) is 44.6 Å². The molecule has 1 aliphatic carbocycles. The molecule has 0 spiro atoms. The first-order valence-corrected chi connectivity index (χ1v) is 7.38. The third kappa shape index (κ3) is 4.84. The van der Waals surface area contributed by atoms with Crippen molar-refractivity contribution in [2.75, 3.05) is 13.2 Å². The van der Waals surface area contributed by atoms with E-state index in [9.17, 15) is 5.11 Å².